The van der Waals surface area contributed by atoms with Crippen LogP contribution in [0.4, 0.5) is 0 Å². The quantitative estimate of drug-likeness (QED) is 0.862. The lowest BCUT2D eigenvalue weighted by Crippen LogP contribution is -2.39. The van der Waals surface area contributed by atoms with Crippen molar-refractivity contribution in [3.8, 4) is 0 Å². The maximum absolute atomic E-state index is 12.9. The third-order valence-corrected chi connectivity index (χ3v) is 4.77. The van der Waals surface area contributed by atoms with Gasteiger partial charge in [-0.25, -0.2) is 4.98 Å². The fraction of sp³-hybridized carbons (Fsp3) is 0.667. The number of aromatic nitrogens is 2. The average Bonchev–Trinajstić information content (AvgIpc) is 3.04. The molecule has 108 valence electrons. The molecule has 1 N–H and O–H groups in total. The number of aromatic amines is 1. The van der Waals surface area contributed by atoms with Gasteiger partial charge in [-0.3, -0.25) is 14.5 Å². The van der Waals surface area contributed by atoms with E-state index in [0.29, 0.717) is 18.7 Å². The summed E-state index contributed by atoms with van der Waals surface area (Å²) in [6.07, 6.45) is 9.52. The van der Waals surface area contributed by atoms with Gasteiger partial charge in [0.25, 0.3) is 0 Å². The second-order valence-electron chi connectivity index (χ2n) is 5.99. The molecule has 2 fully saturated rings. The Labute approximate surface area is 118 Å². The molecule has 5 heteroatoms. The number of H-pyrrole nitrogens is 1. The van der Waals surface area contributed by atoms with Gasteiger partial charge in [0.1, 0.15) is 5.82 Å². The molecule has 2 aliphatic rings. The molecular weight excluding hydrogens is 254 g/mol. The van der Waals surface area contributed by atoms with Gasteiger partial charge in [0.05, 0.1) is 11.5 Å². The van der Waals surface area contributed by atoms with Crippen molar-refractivity contribution in [3.63, 3.8) is 0 Å². The summed E-state index contributed by atoms with van der Waals surface area (Å²) in [6.45, 7) is 1.99. The van der Waals surface area contributed by atoms with Gasteiger partial charge >= 0.3 is 0 Å². The first-order valence-electron chi connectivity index (χ1n) is 7.54. The Morgan fingerprint density at radius 3 is 2.70 bits per heavy atom. The summed E-state index contributed by atoms with van der Waals surface area (Å²) in [4.78, 5) is 34.0. The fourth-order valence-corrected chi connectivity index (χ4v) is 3.71. The topological polar surface area (TPSA) is 66.1 Å². The Bertz CT molecular complexity index is 503. The number of nitrogens with one attached hydrogen (secondary N) is 1. The van der Waals surface area contributed by atoms with E-state index in [-0.39, 0.29) is 17.9 Å². The number of carbonyl (C=O) groups excluding carboxylic acids is 2. The SMILES string of the molecule is CCC(c1ncc[nH]1)N1C(=O)CC2(CCCCC2)C1=O. The highest BCUT2D eigenvalue weighted by Gasteiger charge is 2.53. The Hall–Kier alpha value is -1.65. The number of nitrogens with zero attached hydrogens (tertiary/aromatic N) is 2. The van der Waals surface area contributed by atoms with E-state index >= 15 is 0 Å². The van der Waals surface area contributed by atoms with Crippen molar-refractivity contribution in [1.29, 1.82) is 0 Å². The van der Waals surface area contributed by atoms with Crippen LogP contribution < -0.4 is 0 Å². The van der Waals surface area contributed by atoms with Crippen LogP contribution in [0.5, 0.6) is 0 Å². The molecule has 1 aromatic rings. The summed E-state index contributed by atoms with van der Waals surface area (Å²) < 4.78 is 0. The normalized spacial score (nSPS) is 23.6. The molecule has 3 rings (SSSR count). The zero-order chi connectivity index (χ0) is 14.2. The summed E-state index contributed by atoms with van der Waals surface area (Å²) in [5.41, 5.74) is -0.407. The second-order valence-corrected chi connectivity index (χ2v) is 5.99. The third kappa shape index (κ3) is 1.96. The van der Waals surface area contributed by atoms with E-state index in [1.807, 2.05) is 6.92 Å². The molecule has 0 aromatic carbocycles. The number of imide groups is 1. The average molecular weight is 275 g/mol. The minimum Gasteiger partial charge on any atom is -0.347 e. The van der Waals surface area contributed by atoms with E-state index in [1.165, 1.54) is 11.3 Å². The Balaban J connectivity index is 1.90. The molecule has 1 saturated carbocycles. The standard InChI is InChI=1S/C15H21N3O2/c1-2-11(13-16-8-9-17-13)18-12(19)10-15(14(18)20)6-4-3-5-7-15/h8-9,11H,2-7,10H2,1H3,(H,16,17). The van der Waals surface area contributed by atoms with Crippen LogP contribution in [0.15, 0.2) is 12.4 Å². The molecule has 1 aliphatic heterocycles. The summed E-state index contributed by atoms with van der Waals surface area (Å²) >= 11 is 0. The van der Waals surface area contributed by atoms with Gasteiger partial charge in [-0.05, 0) is 19.3 Å². The highest BCUT2D eigenvalue weighted by Crippen LogP contribution is 2.47. The van der Waals surface area contributed by atoms with Crippen molar-refractivity contribution < 1.29 is 9.59 Å². The first-order valence-corrected chi connectivity index (χ1v) is 7.54. The van der Waals surface area contributed by atoms with E-state index in [4.69, 9.17) is 0 Å². The van der Waals surface area contributed by atoms with Crippen molar-refractivity contribution in [2.45, 2.75) is 57.9 Å². The molecule has 0 bridgehead atoms. The maximum atomic E-state index is 12.9. The van der Waals surface area contributed by atoms with E-state index in [0.717, 1.165) is 25.7 Å². The summed E-state index contributed by atoms with van der Waals surface area (Å²) in [5, 5.41) is 0. The van der Waals surface area contributed by atoms with Crippen molar-refractivity contribution in [2.75, 3.05) is 0 Å². The molecule has 1 aromatic heterocycles. The number of likely N-dealkylation sites (tertiary alicyclic amines) is 1. The van der Waals surface area contributed by atoms with E-state index in [9.17, 15) is 9.59 Å². The monoisotopic (exact) mass is 275 g/mol. The van der Waals surface area contributed by atoms with Crippen LogP contribution in [0.25, 0.3) is 0 Å². The second kappa shape index (κ2) is 5.04. The van der Waals surface area contributed by atoms with Gasteiger partial charge in [0, 0.05) is 18.8 Å². The smallest absolute Gasteiger partial charge is 0.236 e. The molecule has 5 nitrogen and oxygen atoms in total. The lowest BCUT2D eigenvalue weighted by atomic mass is 9.73. The molecule has 1 saturated heterocycles. The molecule has 1 spiro atoms. The number of hydrogen-bond donors (Lipinski definition) is 1. The predicted octanol–water partition coefficient (Wildman–Crippen LogP) is 2.57. The van der Waals surface area contributed by atoms with Gasteiger partial charge in [-0.2, -0.15) is 0 Å². The molecule has 2 heterocycles. The predicted molar refractivity (Wildman–Crippen MR) is 73.6 cm³/mol. The minimum atomic E-state index is -0.407. The third-order valence-electron chi connectivity index (χ3n) is 4.77. The number of imidazole rings is 1. The molecule has 1 aliphatic carbocycles. The largest absolute Gasteiger partial charge is 0.347 e. The molecule has 1 unspecified atom stereocenters. The van der Waals surface area contributed by atoms with Crippen LogP contribution in [0.2, 0.25) is 0 Å². The first-order chi connectivity index (χ1) is 9.68. The van der Waals surface area contributed by atoms with Crippen molar-refractivity contribution in [2.24, 2.45) is 5.41 Å². The summed E-state index contributed by atoms with van der Waals surface area (Å²) in [6, 6.07) is -0.244. The van der Waals surface area contributed by atoms with Crippen LogP contribution in [-0.4, -0.2) is 26.7 Å². The molecule has 20 heavy (non-hydrogen) atoms. The lowest BCUT2D eigenvalue weighted by Gasteiger charge is -2.32. The molecule has 0 radical (unpaired) electrons. The number of hydrogen-bond acceptors (Lipinski definition) is 3. The fourth-order valence-electron chi connectivity index (χ4n) is 3.71. The molecule has 1 atom stereocenters. The maximum Gasteiger partial charge on any atom is 0.236 e. The highest BCUT2D eigenvalue weighted by molar-refractivity contribution is 6.06. The summed E-state index contributed by atoms with van der Waals surface area (Å²) in [5.74, 6) is 0.715. The Morgan fingerprint density at radius 1 is 1.35 bits per heavy atom. The van der Waals surface area contributed by atoms with Gasteiger partial charge in [-0.1, -0.05) is 26.2 Å². The number of amides is 2. The van der Waals surface area contributed by atoms with Crippen LogP contribution in [0, 0.1) is 5.41 Å². The highest BCUT2D eigenvalue weighted by atomic mass is 16.2. The van der Waals surface area contributed by atoms with Crippen molar-refractivity contribution in [1.82, 2.24) is 14.9 Å². The van der Waals surface area contributed by atoms with Crippen LogP contribution in [0.1, 0.15) is 63.7 Å². The van der Waals surface area contributed by atoms with E-state index in [1.54, 1.807) is 12.4 Å². The van der Waals surface area contributed by atoms with Crippen LogP contribution >= 0.6 is 0 Å². The summed E-state index contributed by atoms with van der Waals surface area (Å²) in [7, 11) is 0. The van der Waals surface area contributed by atoms with E-state index < -0.39 is 5.41 Å². The van der Waals surface area contributed by atoms with Crippen LogP contribution in [0.3, 0.4) is 0 Å². The zero-order valence-electron chi connectivity index (χ0n) is 11.9. The first kappa shape index (κ1) is 13.3. The minimum absolute atomic E-state index is 0.0276. The molecule has 2 amide bonds. The van der Waals surface area contributed by atoms with Crippen molar-refractivity contribution in [3.05, 3.63) is 18.2 Å². The van der Waals surface area contributed by atoms with Gasteiger partial charge < -0.3 is 4.98 Å². The zero-order valence-corrected chi connectivity index (χ0v) is 11.9. The molecular formula is C15H21N3O2. The van der Waals surface area contributed by atoms with Crippen molar-refractivity contribution >= 4 is 11.8 Å². The van der Waals surface area contributed by atoms with Gasteiger partial charge in [0.2, 0.25) is 11.8 Å². The van der Waals surface area contributed by atoms with Gasteiger partial charge in [-0.15, -0.1) is 0 Å². The number of rotatable bonds is 3. The Kier molecular flexibility index (Phi) is 3.36. The Morgan fingerprint density at radius 2 is 2.10 bits per heavy atom. The van der Waals surface area contributed by atoms with E-state index in [2.05, 4.69) is 9.97 Å². The van der Waals surface area contributed by atoms with Gasteiger partial charge in [0.15, 0.2) is 0 Å². The number of carbonyl (C=O) groups is 2. The van der Waals surface area contributed by atoms with Crippen LogP contribution in [-0.2, 0) is 9.59 Å². The lowest BCUT2D eigenvalue weighted by molar-refractivity contribution is -0.145.